The summed E-state index contributed by atoms with van der Waals surface area (Å²) in [5.41, 5.74) is 1.71. The maximum absolute atomic E-state index is 9.02. The number of piperazine rings is 1. The number of piperidine rings is 1. The number of likely N-dealkylation sites (tertiary alicyclic amines) is 1. The second-order valence-electron chi connectivity index (χ2n) is 6.22. The van der Waals surface area contributed by atoms with Gasteiger partial charge in [0.25, 0.3) is 0 Å². The first-order valence-electron chi connectivity index (χ1n) is 8.20. The normalized spacial score (nSPS) is 23.2. The lowest BCUT2D eigenvalue weighted by molar-refractivity contribution is 0.0766. The Morgan fingerprint density at radius 3 is 2.27 bits per heavy atom. The van der Waals surface area contributed by atoms with E-state index < -0.39 is 0 Å². The van der Waals surface area contributed by atoms with Gasteiger partial charge >= 0.3 is 0 Å². The zero-order chi connectivity index (χ0) is 15.9. The Balaban J connectivity index is 1.78. The summed E-state index contributed by atoms with van der Waals surface area (Å²) in [4.78, 5) is 7.41. The topological polar surface area (TPSA) is 42.0 Å². The predicted octanol–water partition coefficient (Wildman–Crippen LogP) is 1.39. The van der Waals surface area contributed by atoms with Gasteiger partial charge in [0.05, 0.1) is 5.70 Å². The molecule has 2 aliphatic rings. The molecule has 124 valence electrons. The van der Waals surface area contributed by atoms with Crippen LogP contribution >= 0.6 is 0 Å². The van der Waals surface area contributed by atoms with Crippen molar-refractivity contribution in [3.63, 3.8) is 0 Å². The molecule has 5 nitrogen and oxygen atoms in total. The summed E-state index contributed by atoms with van der Waals surface area (Å²) >= 11 is 0. The van der Waals surface area contributed by atoms with Crippen LogP contribution in [0.15, 0.2) is 36.4 Å². The summed E-state index contributed by atoms with van der Waals surface area (Å²) in [6, 6.07) is 0.729. The lowest BCUT2D eigenvalue weighted by Crippen LogP contribution is -2.52. The van der Waals surface area contributed by atoms with Crippen LogP contribution in [0.2, 0.25) is 0 Å². The number of aliphatic hydroxyl groups excluding tert-OH is 1. The van der Waals surface area contributed by atoms with Crippen molar-refractivity contribution in [1.82, 2.24) is 20.0 Å². The highest BCUT2D eigenvalue weighted by atomic mass is 16.2. The quantitative estimate of drug-likeness (QED) is 0.593. The van der Waals surface area contributed by atoms with Crippen molar-refractivity contribution in [2.24, 2.45) is 0 Å². The second kappa shape index (κ2) is 8.25. The molecule has 0 bridgehead atoms. The Morgan fingerprint density at radius 2 is 1.73 bits per heavy atom. The minimum absolute atomic E-state index is 0.688. The van der Waals surface area contributed by atoms with E-state index in [0.29, 0.717) is 5.70 Å². The average Bonchev–Trinajstić information content (AvgIpc) is 2.56. The van der Waals surface area contributed by atoms with Crippen LogP contribution in [0.3, 0.4) is 0 Å². The van der Waals surface area contributed by atoms with Gasteiger partial charge in [-0.25, -0.2) is 0 Å². The molecule has 2 fully saturated rings. The number of likely N-dealkylation sites (N-methyl/N-ethyl adjacent to an activating group) is 2. The van der Waals surface area contributed by atoms with Gasteiger partial charge in [-0.05, 0) is 32.0 Å². The zero-order valence-corrected chi connectivity index (χ0v) is 14.0. The summed E-state index contributed by atoms with van der Waals surface area (Å²) in [6.07, 6.45) is 7.32. The molecule has 22 heavy (non-hydrogen) atoms. The third-order valence-corrected chi connectivity index (χ3v) is 4.81. The minimum atomic E-state index is 0.688. The molecule has 2 N–H and O–H groups in total. The van der Waals surface area contributed by atoms with Gasteiger partial charge in [-0.15, -0.1) is 0 Å². The number of nitrogens with one attached hydrogen (secondary N) is 1. The van der Waals surface area contributed by atoms with Crippen LogP contribution in [0.5, 0.6) is 0 Å². The van der Waals surface area contributed by atoms with Crippen molar-refractivity contribution in [2.75, 3.05) is 53.4 Å². The van der Waals surface area contributed by atoms with Gasteiger partial charge in [-0.3, -0.25) is 4.90 Å². The first-order valence-corrected chi connectivity index (χ1v) is 8.20. The highest BCUT2D eigenvalue weighted by Crippen LogP contribution is 2.20. The van der Waals surface area contributed by atoms with Crippen molar-refractivity contribution in [1.29, 1.82) is 0 Å². The fourth-order valence-corrected chi connectivity index (χ4v) is 3.19. The number of allylic oxidation sites excluding steroid dienone is 2. The third-order valence-electron chi connectivity index (χ3n) is 4.81. The number of nitrogens with zero attached hydrogens (tertiary/aromatic N) is 3. The van der Waals surface area contributed by atoms with E-state index in [-0.39, 0.29) is 0 Å². The Labute approximate surface area is 134 Å². The van der Waals surface area contributed by atoms with Crippen LogP contribution < -0.4 is 5.32 Å². The van der Waals surface area contributed by atoms with Crippen molar-refractivity contribution in [3.05, 3.63) is 36.4 Å². The fourth-order valence-electron chi connectivity index (χ4n) is 3.19. The standard InChI is InChI=1S/C17H30N4O/c1-15(4-5-16(14-22)18-2)20-8-6-17(7-9-20)21-12-10-19(3)11-13-21/h4-5,14,17-18,22H,1,6-13H2,2-3H3/b5-4-,16-14-. The van der Waals surface area contributed by atoms with E-state index in [1.807, 2.05) is 12.2 Å². The molecular formula is C17H30N4O. The third kappa shape index (κ3) is 4.52. The van der Waals surface area contributed by atoms with Gasteiger partial charge in [0, 0.05) is 58.1 Å². The summed E-state index contributed by atoms with van der Waals surface area (Å²) < 4.78 is 0. The van der Waals surface area contributed by atoms with E-state index in [1.54, 1.807) is 7.05 Å². The largest absolute Gasteiger partial charge is 0.513 e. The molecule has 0 radical (unpaired) electrons. The zero-order valence-electron chi connectivity index (χ0n) is 14.0. The summed E-state index contributed by atoms with van der Waals surface area (Å²) in [6.45, 7) is 11.1. The Bertz CT molecular complexity index is 416. The maximum atomic E-state index is 9.02. The average molecular weight is 306 g/mol. The summed E-state index contributed by atoms with van der Waals surface area (Å²) in [5.74, 6) is 0. The highest BCUT2D eigenvalue weighted by molar-refractivity contribution is 5.23. The van der Waals surface area contributed by atoms with Gasteiger partial charge in [0.2, 0.25) is 0 Å². The van der Waals surface area contributed by atoms with Crippen molar-refractivity contribution < 1.29 is 5.11 Å². The number of hydrogen-bond acceptors (Lipinski definition) is 5. The first kappa shape index (κ1) is 16.9. The van der Waals surface area contributed by atoms with Crippen LogP contribution in [0.1, 0.15) is 12.8 Å². The molecule has 0 saturated carbocycles. The molecule has 2 rings (SSSR count). The first-order chi connectivity index (χ1) is 10.6. The molecule has 0 spiro atoms. The van der Waals surface area contributed by atoms with E-state index in [9.17, 15) is 0 Å². The Kier molecular flexibility index (Phi) is 6.34. The predicted molar refractivity (Wildman–Crippen MR) is 91.7 cm³/mol. The van der Waals surface area contributed by atoms with Crippen LogP contribution in [0.4, 0.5) is 0 Å². The SMILES string of the molecule is C=C(/C=C\C(=C\O)NC)N1CCC(N2CCN(C)CC2)CC1. The van der Waals surface area contributed by atoms with Crippen molar-refractivity contribution in [2.45, 2.75) is 18.9 Å². The van der Waals surface area contributed by atoms with Crippen molar-refractivity contribution in [3.8, 4) is 0 Å². The van der Waals surface area contributed by atoms with Gasteiger partial charge in [0.1, 0.15) is 6.26 Å². The number of hydrogen-bond donors (Lipinski definition) is 2. The minimum Gasteiger partial charge on any atom is -0.513 e. The monoisotopic (exact) mass is 306 g/mol. The molecule has 0 unspecified atom stereocenters. The molecule has 0 atom stereocenters. The van der Waals surface area contributed by atoms with Crippen LogP contribution in [0, 0.1) is 0 Å². The Hall–Kier alpha value is -1.46. The molecule has 0 amide bonds. The van der Waals surface area contributed by atoms with Gasteiger partial charge < -0.3 is 20.2 Å². The van der Waals surface area contributed by atoms with Crippen LogP contribution in [0.25, 0.3) is 0 Å². The van der Waals surface area contributed by atoms with Crippen LogP contribution in [-0.2, 0) is 0 Å². The maximum Gasteiger partial charge on any atom is 0.102 e. The van der Waals surface area contributed by atoms with E-state index in [0.717, 1.165) is 31.1 Å². The second-order valence-corrected chi connectivity index (χ2v) is 6.22. The van der Waals surface area contributed by atoms with Crippen molar-refractivity contribution >= 4 is 0 Å². The molecule has 0 aromatic heterocycles. The lowest BCUT2D eigenvalue weighted by atomic mass is 10.0. The van der Waals surface area contributed by atoms with Gasteiger partial charge in [-0.2, -0.15) is 0 Å². The van der Waals surface area contributed by atoms with E-state index >= 15 is 0 Å². The molecule has 0 aliphatic carbocycles. The highest BCUT2D eigenvalue weighted by Gasteiger charge is 2.26. The Morgan fingerprint density at radius 1 is 1.09 bits per heavy atom. The molecule has 0 aromatic rings. The smallest absolute Gasteiger partial charge is 0.102 e. The van der Waals surface area contributed by atoms with E-state index in [1.165, 1.54) is 39.0 Å². The van der Waals surface area contributed by atoms with Gasteiger partial charge in [0.15, 0.2) is 0 Å². The number of aliphatic hydroxyl groups is 1. The summed E-state index contributed by atoms with van der Waals surface area (Å²) in [5, 5.41) is 11.9. The van der Waals surface area contributed by atoms with Gasteiger partial charge in [-0.1, -0.05) is 6.58 Å². The molecule has 0 aromatic carbocycles. The molecule has 5 heteroatoms. The molecular weight excluding hydrogens is 276 g/mol. The molecule has 2 heterocycles. The van der Waals surface area contributed by atoms with Crippen LogP contribution in [-0.4, -0.2) is 79.2 Å². The van der Waals surface area contributed by atoms with E-state index in [4.69, 9.17) is 5.11 Å². The number of rotatable bonds is 5. The lowest BCUT2D eigenvalue weighted by Gasteiger charge is -2.42. The fraction of sp³-hybridized carbons (Fsp3) is 0.647. The molecule has 2 aliphatic heterocycles. The molecule has 2 saturated heterocycles. The van der Waals surface area contributed by atoms with E-state index in [2.05, 4.69) is 33.6 Å². The summed E-state index contributed by atoms with van der Waals surface area (Å²) in [7, 11) is 3.99.